The Morgan fingerprint density at radius 1 is 1.17 bits per heavy atom. The monoisotopic (exact) mass is 401 g/mol. The maximum absolute atomic E-state index is 13.1. The van der Waals surface area contributed by atoms with E-state index in [0.29, 0.717) is 13.1 Å². The van der Waals surface area contributed by atoms with Crippen LogP contribution in [0.3, 0.4) is 0 Å². The van der Waals surface area contributed by atoms with Crippen molar-refractivity contribution in [3.63, 3.8) is 0 Å². The van der Waals surface area contributed by atoms with Crippen LogP contribution in [0.2, 0.25) is 0 Å². The first-order valence-corrected chi connectivity index (χ1v) is 11.4. The minimum Gasteiger partial charge on any atom is -0.376 e. The van der Waals surface area contributed by atoms with Crippen LogP contribution < -0.4 is 10.9 Å². The highest BCUT2D eigenvalue weighted by molar-refractivity contribution is 5.95. The Bertz CT molecular complexity index is 770. The van der Waals surface area contributed by atoms with Crippen molar-refractivity contribution in [3.8, 4) is 0 Å². The third kappa shape index (κ3) is 4.43. The van der Waals surface area contributed by atoms with E-state index < -0.39 is 0 Å². The first-order chi connectivity index (χ1) is 14.1. The van der Waals surface area contributed by atoms with Gasteiger partial charge in [0.15, 0.2) is 0 Å². The molecule has 2 saturated heterocycles. The molecule has 3 aliphatic rings. The van der Waals surface area contributed by atoms with Crippen molar-refractivity contribution in [2.45, 2.75) is 82.9 Å². The van der Waals surface area contributed by atoms with Gasteiger partial charge in [-0.25, -0.2) is 0 Å². The number of carbonyl (C=O) groups excluding carboxylic acids is 1. The number of likely N-dealkylation sites (tertiary alicyclic amines) is 1. The molecule has 6 nitrogen and oxygen atoms in total. The average Bonchev–Trinajstić information content (AvgIpc) is 3.42. The maximum Gasteiger partial charge on any atom is 0.263 e. The summed E-state index contributed by atoms with van der Waals surface area (Å²) in [5, 5.41) is 3.16. The molecule has 1 aliphatic carbocycles. The fourth-order valence-electron chi connectivity index (χ4n) is 5.43. The summed E-state index contributed by atoms with van der Waals surface area (Å²) in [5.74, 6) is -0.225. The number of hydrogen-bond acceptors (Lipinski definition) is 4. The lowest BCUT2D eigenvalue weighted by atomic mass is 9.92. The van der Waals surface area contributed by atoms with E-state index in [1.54, 1.807) is 10.8 Å². The van der Waals surface area contributed by atoms with E-state index >= 15 is 0 Å². The number of nitrogens with one attached hydrogen (secondary N) is 1. The lowest BCUT2D eigenvalue weighted by Gasteiger charge is -2.43. The summed E-state index contributed by atoms with van der Waals surface area (Å²) in [7, 11) is 0. The predicted molar refractivity (Wildman–Crippen MR) is 113 cm³/mol. The molecule has 1 amide bonds. The summed E-state index contributed by atoms with van der Waals surface area (Å²) >= 11 is 0. The van der Waals surface area contributed by atoms with Crippen molar-refractivity contribution < 1.29 is 9.53 Å². The zero-order chi connectivity index (χ0) is 20.3. The van der Waals surface area contributed by atoms with Crippen molar-refractivity contribution in [3.05, 3.63) is 33.7 Å². The third-order valence-corrected chi connectivity index (χ3v) is 7.16. The molecule has 2 aliphatic heterocycles. The molecular weight excluding hydrogens is 366 g/mol. The van der Waals surface area contributed by atoms with Crippen LogP contribution in [0, 0.1) is 6.92 Å². The van der Waals surface area contributed by atoms with Crippen molar-refractivity contribution >= 4 is 5.91 Å². The van der Waals surface area contributed by atoms with Gasteiger partial charge in [0.1, 0.15) is 5.56 Å². The van der Waals surface area contributed by atoms with E-state index in [1.807, 2.05) is 13.0 Å². The van der Waals surface area contributed by atoms with E-state index in [0.717, 1.165) is 50.9 Å². The van der Waals surface area contributed by atoms with Gasteiger partial charge < -0.3 is 14.6 Å². The Balaban J connectivity index is 1.48. The van der Waals surface area contributed by atoms with E-state index in [4.69, 9.17) is 4.74 Å². The van der Waals surface area contributed by atoms with E-state index in [1.165, 1.54) is 32.1 Å². The van der Waals surface area contributed by atoms with E-state index in [2.05, 4.69) is 10.2 Å². The SMILES string of the molecule is Cc1ccn(CC2CCCO2)c(=O)c1C(=O)NCC1(N2CCCCC2)CCCC1. The molecule has 0 spiro atoms. The standard InChI is InChI=1S/C23H35N3O3/c1-18-9-14-25(16-19-8-7-15-29-19)22(28)20(18)21(27)24-17-23(10-3-4-11-23)26-12-5-2-6-13-26/h9,14,19H,2-8,10-13,15-17H2,1H3,(H,24,27). The number of amides is 1. The highest BCUT2D eigenvalue weighted by atomic mass is 16.5. The van der Waals surface area contributed by atoms with Crippen molar-refractivity contribution in [1.82, 2.24) is 14.8 Å². The Morgan fingerprint density at radius 2 is 1.93 bits per heavy atom. The van der Waals surface area contributed by atoms with Gasteiger partial charge >= 0.3 is 0 Å². The number of piperidine rings is 1. The number of aromatic nitrogens is 1. The Labute approximate surface area is 173 Å². The molecule has 0 aromatic carbocycles. The first kappa shape index (κ1) is 20.6. The molecule has 1 aromatic heterocycles. The minimum absolute atomic E-state index is 0.0761. The second-order valence-corrected chi connectivity index (χ2v) is 9.13. The number of carbonyl (C=O) groups is 1. The number of ether oxygens (including phenoxy) is 1. The van der Waals surface area contributed by atoms with Gasteiger partial charge in [-0.15, -0.1) is 0 Å². The summed E-state index contributed by atoms with van der Waals surface area (Å²) in [6, 6.07) is 1.88. The number of pyridine rings is 1. The van der Waals surface area contributed by atoms with Crippen LogP contribution in [-0.2, 0) is 11.3 Å². The zero-order valence-electron chi connectivity index (χ0n) is 17.8. The molecule has 29 heavy (non-hydrogen) atoms. The predicted octanol–water partition coefficient (Wildman–Crippen LogP) is 2.86. The first-order valence-electron chi connectivity index (χ1n) is 11.4. The molecule has 6 heteroatoms. The van der Waals surface area contributed by atoms with Gasteiger partial charge in [0.05, 0.1) is 12.6 Å². The summed E-state index contributed by atoms with van der Waals surface area (Å²) in [6.45, 7) is 6.05. The fourth-order valence-corrected chi connectivity index (χ4v) is 5.43. The summed E-state index contributed by atoms with van der Waals surface area (Å²) in [4.78, 5) is 28.7. The fraction of sp³-hybridized carbons (Fsp3) is 0.739. The summed E-state index contributed by atoms with van der Waals surface area (Å²) < 4.78 is 7.32. The molecule has 160 valence electrons. The molecule has 3 fully saturated rings. The van der Waals surface area contributed by atoms with Crippen molar-refractivity contribution in [2.24, 2.45) is 0 Å². The zero-order valence-corrected chi connectivity index (χ0v) is 17.8. The smallest absolute Gasteiger partial charge is 0.263 e. The van der Waals surface area contributed by atoms with Crippen LogP contribution in [0.25, 0.3) is 0 Å². The third-order valence-electron chi connectivity index (χ3n) is 7.16. The molecule has 1 saturated carbocycles. The van der Waals surface area contributed by atoms with Gasteiger partial charge in [-0.2, -0.15) is 0 Å². The Kier molecular flexibility index (Phi) is 6.40. The largest absolute Gasteiger partial charge is 0.376 e. The number of hydrogen-bond donors (Lipinski definition) is 1. The van der Waals surface area contributed by atoms with Crippen LogP contribution in [0.5, 0.6) is 0 Å². The normalized spacial score (nSPS) is 24.7. The Hall–Kier alpha value is -1.66. The molecule has 1 atom stereocenters. The van der Waals surface area contributed by atoms with Crippen LogP contribution in [0.1, 0.15) is 73.7 Å². The second kappa shape index (κ2) is 9.00. The maximum atomic E-state index is 13.1. The lowest BCUT2D eigenvalue weighted by molar-refractivity contribution is 0.0641. The molecule has 0 radical (unpaired) electrons. The molecule has 1 unspecified atom stereocenters. The highest BCUT2D eigenvalue weighted by Crippen LogP contribution is 2.36. The number of rotatable bonds is 6. The van der Waals surface area contributed by atoms with Crippen LogP contribution >= 0.6 is 0 Å². The molecule has 3 heterocycles. The molecule has 0 bridgehead atoms. The Morgan fingerprint density at radius 3 is 2.62 bits per heavy atom. The van der Waals surface area contributed by atoms with E-state index in [-0.39, 0.29) is 28.7 Å². The number of aryl methyl sites for hydroxylation is 1. The van der Waals surface area contributed by atoms with Gasteiger partial charge in [-0.1, -0.05) is 19.3 Å². The molecular formula is C23H35N3O3. The second-order valence-electron chi connectivity index (χ2n) is 9.13. The van der Waals surface area contributed by atoms with Gasteiger partial charge in [0.25, 0.3) is 11.5 Å². The average molecular weight is 402 g/mol. The van der Waals surface area contributed by atoms with Crippen LogP contribution in [-0.4, -0.2) is 53.3 Å². The molecule has 1 aromatic rings. The highest BCUT2D eigenvalue weighted by Gasteiger charge is 2.40. The van der Waals surface area contributed by atoms with Crippen molar-refractivity contribution in [2.75, 3.05) is 26.2 Å². The van der Waals surface area contributed by atoms with E-state index in [9.17, 15) is 9.59 Å². The van der Waals surface area contributed by atoms with Crippen LogP contribution in [0.4, 0.5) is 0 Å². The molecule has 4 rings (SSSR count). The summed E-state index contributed by atoms with van der Waals surface area (Å²) in [5.41, 5.74) is 0.915. The van der Waals surface area contributed by atoms with Gasteiger partial charge in [-0.3, -0.25) is 14.5 Å². The van der Waals surface area contributed by atoms with Crippen molar-refractivity contribution in [1.29, 1.82) is 0 Å². The minimum atomic E-state index is -0.225. The van der Waals surface area contributed by atoms with Crippen LogP contribution in [0.15, 0.2) is 17.1 Å². The topological polar surface area (TPSA) is 63.6 Å². The number of nitrogens with zero attached hydrogens (tertiary/aromatic N) is 2. The van der Waals surface area contributed by atoms with Gasteiger partial charge in [-0.05, 0) is 70.2 Å². The van der Waals surface area contributed by atoms with Gasteiger partial charge in [0, 0.05) is 24.9 Å². The molecule has 1 N–H and O–H groups in total. The summed E-state index contributed by atoms with van der Waals surface area (Å²) in [6.07, 6.45) is 12.4. The quantitative estimate of drug-likeness (QED) is 0.796. The lowest BCUT2D eigenvalue weighted by Crippen LogP contribution is -2.56. The van der Waals surface area contributed by atoms with Gasteiger partial charge in [0.2, 0.25) is 0 Å².